The maximum atomic E-state index is 11.1. The number of carbonyl (C=O) groups is 1. The summed E-state index contributed by atoms with van der Waals surface area (Å²) in [5.74, 6) is -0.530. The zero-order valence-electron chi connectivity index (χ0n) is 9.52. The monoisotopic (exact) mass is 247 g/mol. The van der Waals surface area contributed by atoms with E-state index in [2.05, 4.69) is 6.58 Å². The molecule has 1 unspecified atom stereocenters. The topological polar surface area (TPSA) is 97.5 Å². The van der Waals surface area contributed by atoms with Crippen LogP contribution in [0.4, 0.5) is 0 Å². The first kappa shape index (κ1) is 17.3. The van der Waals surface area contributed by atoms with Gasteiger partial charge in [0, 0.05) is 0 Å². The average molecular weight is 247 g/mol. The standard InChI is InChI=1S/C7H13NO4S.K.H/c1-4-5(9)7(2,3)6(8)13(10,11)12;;/h4,6H,1,8H2,2-3H3,(H,10,11,12);;/q;+1;-1. The summed E-state index contributed by atoms with van der Waals surface area (Å²) in [6.45, 7) is 5.87. The molecule has 7 heteroatoms. The van der Waals surface area contributed by atoms with Crippen molar-refractivity contribution in [3.8, 4) is 0 Å². The van der Waals surface area contributed by atoms with Gasteiger partial charge in [0.2, 0.25) is 0 Å². The van der Waals surface area contributed by atoms with Gasteiger partial charge in [0.1, 0.15) is 5.37 Å². The summed E-state index contributed by atoms with van der Waals surface area (Å²) in [4.78, 5) is 11.1. The van der Waals surface area contributed by atoms with Crippen molar-refractivity contribution in [1.82, 2.24) is 0 Å². The van der Waals surface area contributed by atoms with E-state index in [1.54, 1.807) is 0 Å². The number of ketones is 1. The second kappa shape index (κ2) is 5.85. The molecule has 0 aliphatic rings. The van der Waals surface area contributed by atoms with E-state index in [1.807, 2.05) is 0 Å². The van der Waals surface area contributed by atoms with E-state index in [1.165, 1.54) is 13.8 Å². The fourth-order valence-electron chi connectivity index (χ4n) is 0.776. The Bertz CT molecular complexity index is 328. The Labute approximate surface area is 128 Å². The molecule has 14 heavy (non-hydrogen) atoms. The third kappa shape index (κ3) is 4.19. The number of nitrogens with two attached hydrogens (primary N) is 1. The van der Waals surface area contributed by atoms with Crippen LogP contribution >= 0.6 is 0 Å². The molecule has 0 rings (SSSR count). The Hall–Kier alpha value is 0.916. The largest absolute Gasteiger partial charge is 1.00 e. The number of hydrogen-bond donors (Lipinski definition) is 2. The minimum atomic E-state index is -4.41. The number of hydrogen-bond acceptors (Lipinski definition) is 4. The first-order chi connectivity index (χ1) is 5.64. The van der Waals surface area contributed by atoms with Gasteiger partial charge in [-0.25, -0.2) is 0 Å². The predicted octanol–water partition coefficient (Wildman–Crippen LogP) is -2.94. The molecule has 3 N–H and O–H groups in total. The Morgan fingerprint density at radius 2 is 2.00 bits per heavy atom. The molecule has 0 saturated heterocycles. The predicted molar refractivity (Wildman–Crippen MR) is 49.6 cm³/mol. The van der Waals surface area contributed by atoms with Crippen molar-refractivity contribution in [1.29, 1.82) is 0 Å². The van der Waals surface area contributed by atoms with Crippen LogP contribution in [0.5, 0.6) is 0 Å². The second-order valence-electron chi connectivity index (χ2n) is 3.23. The van der Waals surface area contributed by atoms with E-state index in [-0.39, 0.29) is 52.8 Å². The van der Waals surface area contributed by atoms with Crippen LogP contribution < -0.4 is 57.1 Å². The van der Waals surface area contributed by atoms with Crippen LogP contribution in [0, 0.1) is 5.41 Å². The molecule has 0 aromatic carbocycles. The summed E-state index contributed by atoms with van der Waals surface area (Å²) in [5, 5.41) is -1.63. The van der Waals surface area contributed by atoms with E-state index >= 15 is 0 Å². The number of allylic oxidation sites excluding steroid dienone is 1. The van der Waals surface area contributed by atoms with Gasteiger partial charge in [-0.05, 0) is 19.9 Å². The van der Waals surface area contributed by atoms with E-state index in [0.29, 0.717) is 0 Å². The van der Waals surface area contributed by atoms with Gasteiger partial charge in [-0.2, -0.15) is 8.42 Å². The third-order valence-electron chi connectivity index (χ3n) is 1.85. The van der Waals surface area contributed by atoms with Crippen molar-refractivity contribution >= 4 is 15.9 Å². The Kier molecular flexibility index (Phi) is 7.24. The van der Waals surface area contributed by atoms with Crippen LogP contribution in [0.15, 0.2) is 12.7 Å². The molecule has 0 heterocycles. The summed E-state index contributed by atoms with van der Waals surface area (Å²) < 4.78 is 29.9. The maximum absolute atomic E-state index is 11.1. The van der Waals surface area contributed by atoms with Gasteiger partial charge in [-0.15, -0.1) is 0 Å². The van der Waals surface area contributed by atoms with Crippen LogP contribution in [0.2, 0.25) is 0 Å². The Balaban J connectivity index is -0.000000720. The summed E-state index contributed by atoms with van der Waals surface area (Å²) in [7, 11) is -4.41. The van der Waals surface area contributed by atoms with Crippen LogP contribution in [0.3, 0.4) is 0 Å². The smallest absolute Gasteiger partial charge is 1.00 e. The Morgan fingerprint density at radius 1 is 1.64 bits per heavy atom. The van der Waals surface area contributed by atoms with Crippen molar-refractivity contribution in [3.05, 3.63) is 12.7 Å². The van der Waals surface area contributed by atoms with Crippen molar-refractivity contribution in [3.63, 3.8) is 0 Å². The fourth-order valence-corrected chi connectivity index (χ4v) is 1.64. The molecule has 1 atom stereocenters. The molecule has 78 valence electrons. The SMILES string of the molecule is C=CC(=O)C(C)(C)C(N)S(=O)(=O)O.[H-].[K+]. The molecule has 0 fully saturated rings. The average Bonchev–Trinajstić information content (AvgIpc) is 1.99. The second-order valence-corrected chi connectivity index (χ2v) is 4.76. The molecule has 0 aliphatic carbocycles. The van der Waals surface area contributed by atoms with Gasteiger partial charge in [0.05, 0.1) is 5.41 Å². The first-order valence-corrected chi connectivity index (χ1v) is 5.03. The van der Waals surface area contributed by atoms with Gasteiger partial charge in [-0.3, -0.25) is 9.35 Å². The van der Waals surface area contributed by atoms with Gasteiger partial charge < -0.3 is 7.16 Å². The minimum Gasteiger partial charge on any atom is -1.00 e. The van der Waals surface area contributed by atoms with Crippen molar-refractivity contribution in [2.75, 3.05) is 0 Å². The first-order valence-electron chi connectivity index (χ1n) is 3.52. The van der Waals surface area contributed by atoms with Crippen LogP contribution in [-0.4, -0.2) is 24.1 Å². The molecule has 0 saturated carbocycles. The summed E-state index contributed by atoms with van der Waals surface area (Å²) in [6, 6.07) is 0. The zero-order chi connectivity index (χ0) is 10.9. The summed E-state index contributed by atoms with van der Waals surface area (Å²) >= 11 is 0. The molecule has 0 aromatic heterocycles. The van der Waals surface area contributed by atoms with E-state index in [0.717, 1.165) is 6.08 Å². The molecule has 0 amide bonds. The Morgan fingerprint density at radius 3 is 2.21 bits per heavy atom. The van der Waals surface area contributed by atoms with Crippen LogP contribution in [0.1, 0.15) is 15.3 Å². The molecule has 0 bridgehead atoms. The quantitative estimate of drug-likeness (QED) is 0.315. The summed E-state index contributed by atoms with van der Waals surface area (Å²) in [6.07, 6.45) is 0.977. The third-order valence-corrected chi connectivity index (χ3v) is 3.08. The molecular formula is C7H14KNO4S. The van der Waals surface area contributed by atoms with Gasteiger partial charge in [0.25, 0.3) is 10.1 Å². The molecule has 0 aliphatic heterocycles. The van der Waals surface area contributed by atoms with E-state index in [9.17, 15) is 13.2 Å². The number of carbonyl (C=O) groups excluding carboxylic acids is 1. The van der Waals surface area contributed by atoms with E-state index in [4.69, 9.17) is 10.3 Å². The molecule has 0 spiro atoms. The van der Waals surface area contributed by atoms with Gasteiger partial charge in [0.15, 0.2) is 5.78 Å². The van der Waals surface area contributed by atoms with E-state index < -0.39 is 26.7 Å². The normalized spacial score (nSPS) is 14.0. The fraction of sp³-hybridized carbons (Fsp3) is 0.571. The molecule has 5 nitrogen and oxygen atoms in total. The van der Waals surface area contributed by atoms with Gasteiger partial charge in [-0.1, -0.05) is 6.58 Å². The maximum Gasteiger partial charge on any atom is 1.00 e. The van der Waals surface area contributed by atoms with Gasteiger partial charge >= 0.3 is 51.4 Å². The van der Waals surface area contributed by atoms with Crippen LogP contribution in [-0.2, 0) is 14.9 Å². The molecule has 0 aromatic rings. The van der Waals surface area contributed by atoms with Crippen molar-refractivity contribution < 1.29 is 70.6 Å². The molecular weight excluding hydrogens is 233 g/mol. The van der Waals surface area contributed by atoms with Crippen molar-refractivity contribution in [2.24, 2.45) is 11.1 Å². The summed E-state index contributed by atoms with van der Waals surface area (Å²) in [5.41, 5.74) is 3.83. The zero-order valence-corrected chi connectivity index (χ0v) is 12.5. The van der Waals surface area contributed by atoms with Crippen LogP contribution in [0.25, 0.3) is 0 Å². The number of rotatable bonds is 4. The minimum absolute atomic E-state index is 0. The van der Waals surface area contributed by atoms with Crippen molar-refractivity contribution in [2.45, 2.75) is 19.2 Å². The molecule has 0 radical (unpaired) electrons.